The first-order valence-electron chi connectivity index (χ1n) is 5.44. The third kappa shape index (κ3) is 4.27. The molecule has 0 amide bonds. The molecule has 0 saturated heterocycles. The van der Waals surface area contributed by atoms with Gasteiger partial charge in [0.25, 0.3) is 20.2 Å². The van der Waals surface area contributed by atoms with Crippen molar-refractivity contribution in [2.75, 3.05) is 13.2 Å². The van der Waals surface area contributed by atoms with Gasteiger partial charge in [-0.05, 0) is 24.3 Å². The topological polar surface area (TPSA) is 86.7 Å². The SMILES string of the molecule is C=CCOS(=O)(=O)c1ccc(S(=O)(=O)OCC=C)cc1. The second-order valence-electron chi connectivity index (χ2n) is 3.53. The summed E-state index contributed by atoms with van der Waals surface area (Å²) in [5.41, 5.74) is 0. The number of benzene rings is 1. The molecule has 20 heavy (non-hydrogen) atoms. The van der Waals surface area contributed by atoms with Crippen molar-refractivity contribution in [3.63, 3.8) is 0 Å². The predicted molar refractivity (Wildman–Crippen MR) is 73.1 cm³/mol. The van der Waals surface area contributed by atoms with Crippen molar-refractivity contribution in [2.45, 2.75) is 9.79 Å². The molecule has 0 radical (unpaired) electrons. The maximum Gasteiger partial charge on any atom is 0.297 e. The Balaban J connectivity index is 3.00. The summed E-state index contributed by atoms with van der Waals surface area (Å²) in [6.45, 7) is 6.35. The van der Waals surface area contributed by atoms with Gasteiger partial charge in [0, 0.05) is 0 Å². The fourth-order valence-electron chi connectivity index (χ4n) is 1.18. The van der Waals surface area contributed by atoms with Crippen molar-refractivity contribution in [2.24, 2.45) is 0 Å². The summed E-state index contributed by atoms with van der Waals surface area (Å²) in [7, 11) is -7.85. The molecule has 0 aliphatic heterocycles. The number of hydrogen-bond acceptors (Lipinski definition) is 6. The Morgan fingerprint density at radius 2 is 1.10 bits per heavy atom. The van der Waals surface area contributed by atoms with Crippen LogP contribution in [0, 0.1) is 0 Å². The van der Waals surface area contributed by atoms with Gasteiger partial charge in [-0.15, -0.1) is 13.2 Å². The highest BCUT2D eigenvalue weighted by Gasteiger charge is 2.18. The Bertz CT molecular complexity index is 610. The van der Waals surface area contributed by atoms with Crippen LogP contribution in [-0.2, 0) is 28.6 Å². The highest BCUT2D eigenvalue weighted by molar-refractivity contribution is 7.87. The molecular weight excluding hydrogens is 304 g/mol. The minimum atomic E-state index is -3.92. The van der Waals surface area contributed by atoms with E-state index in [2.05, 4.69) is 21.5 Å². The third-order valence-electron chi connectivity index (χ3n) is 2.08. The van der Waals surface area contributed by atoms with E-state index in [1.165, 1.54) is 12.2 Å². The van der Waals surface area contributed by atoms with Gasteiger partial charge in [-0.1, -0.05) is 12.2 Å². The van der Waals surface area contributed by atoms with Crippen molar-refractivity contribution in [3.05, 3.63) is 49.6 Å². The summed E-state index contributed by atoms with van der Waals surface area (Å²) < 4.78 is 55.9. The molecule has 0 aliphatic carbocycles. The van der Waals surface area contributed by atoms with E-state index in [4.69, 9.17) is 0 Å². The quantitative estimate of drug-likeness (QED) is 0.533. The minimum Gasteiger partial charge on any atom is -0.262 e. The highest BCUT2D eigenvalue weighted by Crippen LogP contribution is 2.18. The predicted octanol–water partition coefficient (Wildman–Crippen LogP) is 1.47. The van der Waals surface area contributed by atoms with Crippen LogP contribution in [0.4, 0.5) is 0 Å². The highest BCUT2D eigenvalue weighted by atomic mass is 32.2. The molecule has 0 aromatic heterocycles. The molecule has 0 atom stereocenters. The molecule has 0 N–H and O–H groups in total. The van der Waals surface area contributed by atoms with E-state index in [9.17, 15) is 16.8 Å². The molecule has 6 nitrogen and oxygen atoms in total. The maximum absolute atomic E-state index is 11.7. The Kier molecular flexibility index (Phi) is 5.63. The number of rotatable bonds is 8. The molecule has 0 aliphatic rings. The monoisotopic (exact) mass is 318 g/mol. The van der Waals surface area contributed by atoms with E-state index in [-0.39, 0.29) is 23.0 Å². The van der Waals surface area contributed by atoms with Crippen LogP contribution in [0.3, 0.4) is 0 Å². The zero-order chi connectivity index (χ0) is 15.2. The maximum atomic E-state index is 11.7. The molecule has 0 bridgehead atoms. The summed E-state index contributed by atoms with van der Waals surface area (Å²) in [5.74, 6) is 0. The van der Waals surface area contributed by atoms with E-state index < -0.39 is 20.2 Å². The lowest BCUT2D eigenvalue weighted by Gasteiger charge is -2.06. The van der Waals surface area contributed by atoms with Crippen LogP contribution in [0.25, 0.3) is 0 Å². The average Bonchev–Trinajstić information content (AvgIpc) is 2.43. The largest absolute Gasteiger partial charge is 0.297 e. The summed E-state index contributed by atoms with van der Waals surface area (Å²) >= 11 is 0. The van der Waals surface area contributed by atoms with E-state index in [1.807, 2.05) is 0 Å². The van der Waals surface area contributed by atoms with Gasteiger partial charge in [0.15, 0.2) is 0 Å². The van der Waals surface area contributed by atoms with E-state index in [0.29, 0.717) is 0 Å². The van der Waals surface area contributed by atoms with Crippen molar-refractivity contribution in [1.82, 2.24) is 0 Å². The van der Waals surface area contributed by atoms with Gasteiger partial charge >= 0.3 is 0 Å². The summed E-state index contributed by atoms with van der Waals surface area (Å²) in [5, 5.41) is 0. The lowest BCUT2D eigenvalue weighted by molar-refractivity contribution is 0.355. The van der Waals surface area contributed by atoms with Gasteiger partial charge in [-0.25, -0.2) is 0 Å². The first kappa shape index (κ1) is 16.6. The normalized spacial score (nSPS) is 12.0. The Morgan fingerprint density at radius 1 is 0.800 bits per heavy atom. The molecule has 0 unspecified atom stereocenters. The van der Waals surface area contributed by atoms with Crippen molar-refractivity contribution < 1.29 is 25.2 Å². The molecule has 110 valence electrons. The summed E-state index contributed by atoms with van der Waals surface area (Å²) in [4.78, 5) is -0.302. The molecule has 0 fully saturated rings. The van der Waals surface area contributed by atoms with E-state index in [0.717, 1.165) is 24.3 Å². The second-order valence-corrected chi connectivity index (χ2v) is 6.76. The first-order valence-corrected chi connectivity index (χ1v) is 8.26. The van der Waals surface area contributed by atoms with Gasteiger partial charge in [0.1, 0.15) is 0 Å². The Labute approximate surface area is 118 Å². The minimum absolute atomic E-state index is 0.151. The van der Waals surface area contributed by atoms with Crippen LogP contribution in [0.2, 0.25) is 0 Å². The fraction of sp³-hybridized carbons (Fsp3) is 0.167. The first-order chi connectivity index (χ1) is 9.33. The smallest absolute Gasteiger partial charge is 0.262 e. The van der Waals surface area contributed by atoms with Gasteiger partial charge < -0.3 is 0 Å². The lowest BCUT2D eigenvalue weighted by atomic mass is 10.4. The molecule has 1 rings (SSSR count). The Morgan fingerprint density at radius 3 is 1.35 bits per heavy atom. The average molecular weight is 318 g/mol. The van der Waals surface area contributed by atoms with Crippen LogP contribution in [0.15, 0.2) is 59.4 Å². The van der Waals surface area contributed by atoms with Crippen LogP contribution in [-0.4, -0.2) is 30.0 Å². The van der Waals surface area contributed by atoms with Crippen LogP contribution >= 0.6 is 0 Å². The third-order valence-corrected chi connectivity index (χ3v) is 4.67. The summed E-state index contributed by atoms with van der Waals surface area (Å²) in [6, 6.07) is 4.51. The van der Waals surface area contributed by atoms with Crippen molar-refractivity contribution in [1.29, 1.82) is 0 Å². The fourth-order valence-corrected chi connectivity index (χ4v) is 2.95. The van der Waals surface area contributed by atoms with Gasteiger partial charge in [0.2, 0.25) is 0 Å². The van der Waals surface area contributed by atoms with Gasteiger partial charge in [0.05, 0.1) is 23.0 Å². The van der Waals surface area contributed by atoms with Crippen LogP contribution in [0.5, 0.6) is 0 Å². The van der Waals surface area contributed by atoms with Crippen molar-refractivity contribution >= 4 is 20.2 Å². The van der Waals surface area contributed by atoms with Gasteiger partial charge in [-0.2, -0.15) is 16.8 Å². The zero-order valence-electron chi connectivity index (χ0n) is 10.6. The second kappa shape index (κ2) is 6.80. The standard InChI is InChI=1S/C12H14O6S2/c1-3-9-17-19(13,14)11-5-7-12(8-6-11)20(15,16)18-10-4-2/h3-8H,1-2,9-10H2. The van der Waals surface area contributed by atoms with Crippen LogP contribution in [0.1, 0.15) is 0 Å². The van der Waals surface area contributed by atoms with E-state index >= 15 is 0 Å². The zero-order valence-corrected chi connectivity index (χ0v) is 12.2. The number of hydrogen-bond donors (Lipinski definition) is 0. The molecule has 0 saturated carbocycles. The molecule has 0 spiro atoms. The molecule has 1 aromatic rings. The lowest BCUT2D eigenvalue weighted by Crippen LogP contribution is -2.09. The van der Waals surface area contributed by atoms with E-state index in [1.54, 1.807) is 0 Å². The molecular formula is C12H14O6S2. The van der Waals surface area contributed by atoms with Crippen molar-refractivity contribution in [3.8, 4) is 0 Å². The van der Waals surface area contributed by atoms with Gasteiger partial charge in [-0.3, -0.25) is 8.37 Å². The molecule has 8 heteroatoms. The molecule has 0 heterocycles. The Hall–Kier alpha value is -1.48. The molecule has 1 aromatic carbocycles. The van der Waals surface area contributed by atoms with Crippen LogP contribution < -0.4 is 0 Å². The summed E-state index contributed by atoms with van der Waals surface area (Å²) in [6.07, 6.45) is 2.58.